The summed E-state index contributed by atoms with van der Waals surface area (Å²) in [6.45, 7) is 1.75. The van der Waals surface area contributed by atoms with E-state index in [4.69, 9.17) is 0 Å². The summed E-state index contributed by atoms with van der Waals surface area (Å²) >= 11 is 0. The van der Waals surface area contributed by atoms with Gasteiger partial charge in [-0.2, -0.15) is 4.39 Å². The monoisotopic (exact) mass is 374 g/mol. The second-order valence-corrected chi connectivity index (χ2v) is 6.08. The zero-order valence-corrected chi connectivity index (χ0v) is 15.5. The molecule has 0 aliphatic rings. The molecule has 3 rings (SSSR count). The molecule has 1 aromatic carbocycles. The molecule has 2 heterocycles. The maximum Gasteiger partial charge on any atom is 0.242 e. The van der Waals surface area contributed by atoms with Crippen LogP contribution in [0.5, 0.6) is 0 Å². The molecule has 5 nitrogen and oxygen atoms in total. The molecule has 0 aliphatic carbocycles. The highest BCUT2D eigenvalue weighted by Gasteiger charge is 2.13. The van der Waals surface area contributed by atoms with Crippen LogP contribution in [0.4, 0.5) is 10.2 Å². The summed E-state index contributed by atoms with van der Waals surface area (Å²) in [6.07, 6.45) is 1.43. The number of hydrogen-bond acceptors (Lipinski definition) is 4. The van der Waals surface area contributed by atoms with Gasteiger partial charge >= 0.3 is 0 Å². The Bertz CT molecular complexity index is 1020. The number of nitrogens with zero attached hydrogens (tertiary/aromatic N) is 2. The fourth-order valence-electron chi connectivity index (χ4n) is 2.41. The number of aromatic nitrogens is 2. The predicted molar refractivity (Wildman–Crippen MR) is 107 cm³/mol. The average molecular weight is 374 g/mol. The van der Waals surface area contributed by atoms with E-state index in [0.29, 0.717) is 22.6 Å². The number of benzene rings is 1. The Morgan fingerprint density at radius 2 is 1.86 bits per heavy atom. The Kier molecular flexibility index (Phi) is 6.10. The van der Waals surface area contributed by atoms with Crippen molar-refractivity contribution in [3.8, 4) is 23.0 Å². The van der Waals surface area contributed by atoms with Crippen molar-refractivity contribution in [3.05, 3.63) is 78.0 Å². The third-order valence-electron chi connectivity index (χ3n) is 4.11. The van der Waals surface area contributed by atoms with Crippen LogP contribution >= 0.6 is 0 Å². The summed E-state index contributed by atoms with van der Waals surface area (Å²) in [6, 6.07) is 15.5. The van der Waals surface area contributed by atoms with E-state index >= 15 is 0 Å². The van der Waals surface area contributed by atoms with Crippen LogP contribution in [-0.4, -0.2) is 29.0 Å². The van der Waals surface area contributed by atoms with Crippen molar-refractivity contribution in [1.82, 2.24) is 15.3 Å². The topological polar surface area (TPSA) is 66.9 Å². The summed E-state index contributed by atoms with van der Waals surface area (Å²) in [5.74, 6) is 5.75. The normalized spacial score (nSPS) is 11.2. The van der Waals surface area contributed by atoms with Crippen LogP contribution in [0.1, 0.15) is 18.2 Å². The number of amides is 1. The highest BCUT2D eigenvalue weighted by molar-refractivity contribution is 5.94. The number of rotatable bonds is 4. The lowest BCUT2D eigenvalue weighted by Gasteiger charge is -2.12. The minimum atomic E-state index is -0.557. The third kappa shape index (κ3) is 4.78. The molecule has 0 aliphatic heterocycles. The molecule has 0 spiro atoms. The number of halogens is 1. The molecule has 1 atom stereocenters. The van der Waals surface area contributed by atoms with Gasteiger partial charge in [0, 0.05) is 22.9 Å². The van der Waals surface area contributed by atoms with Gasteiger partial charge < -0.3 is 10.6 Å². The average Bonchev–Trinajstić information content (AvgIpc) is 2.73. The predicted octanol–water partition coefficient (Wildman–Crippen LogP) is 3.23. The number of hydrogen-bond donors (Lipinski definition) is 2. The van der Waals surface area contributed by atoms with E-state index in [2.05, 4.69) is 32.4 Å². The number of carbonyl (C=O) groups is 1. The van der Waals surface area contributed by atoms with Gasteiger partial charge in [0.15, 0.2) is 0 Å². The van der Waals surface area contributed by atoms with Crippen LogP contribution in [-0.2, 0) is 4.79 Å². The molecule has 1 unspecified atom stereocenters. The molecule has 3 aromatic rings. The summed E-state index contributed by atoms with van der Waals surface area (Å²) in [4.78, 5) is 20.3. The van der Waals surface area contributed by atoms with Gasteiger partial charge in [-0.15, -0.1) is 0 Å². The second-order valence-electron chi connectivity index (χ2n) is 6.08. The van der Waals surface area contributed by atoms with Crippen molar-refractivity contribution in [3.63, 3.8) is 0 Å². The highest BCUT2D eigenvalue weighted by atomic mass is 19.1. The molecular weight excluding hydrogens is 355 g/mol. The lowest BCUT2D eigenvalue weighted by molar-refractivity contribution is -0.117. The Morgan fingerprint density at radius 3 is 2.54 bits per heavy atom. The van der Waals surface area contributed by atoms with Gasteiger partial charge in [0.2, 0.25) is 11.9 Å². The highest BCUT2D eigenvalue weighted by Crippen LogP contribution is 2.23. The lowest BCUT2D eigenvalue weighted by Crippen LogP contribution is -2.35. The first-order valence-corrected chi connectivity index (χ1v) is 8.75. The number of nitrogens with one attached hydrogen (secondary N) is 2. The van der Waals surface area contributed by atoms with Gasteiger partial charge in [-0.3, -0.25) is 4.79 Å². The first-order valence-electron chi connectivity index (χ1n) is 8.75. The van der Waals surface area contributed by atoms with Crippen molar-refractivity contribution in [2.75, 3.05) is 12.4 Å². The van der Waals surface area contributed by atoms with Gasteiger partial charge in [0.25, 0.3) is 0 Å². The number of carbonyl (C=O) groups excluding carboxylic acids is 1. The smallest absolute Gasteiger partial charge is 0.242 e. The van der Waals surface area contributed by atoms with Crippen LogP contribution in [0.15, 0.2) is 60.8 Å². The van der Waals surface area contributed by atoms with Crippen LogP contribution in [0.2, 0.25) is 0 Å². The molecule has 6 heteroatoms. The summed E-state index contributed by atoms with van der Waals surface area (Å²) in [5.41, 5.74) is 2.70. The fraction of sp³-hybridized carbons (Fsp3) is 0.136. The number of pyridine rings is 2. The molecular formula is C22H19FN4O. The van der Waals surface area contributed by atoms with Crippen LogP contribution < -0.4 is 10.6 Å². The van der Waals surface area contributed by atoms with Gasteiger partial charge in [0.1, 0.15) is 11.5 Å². The Hall–Kier alpha value is -3.56. The molecule has 2 N–H and O–H groups in total. The van der Waals surface area contributed by atoms with Crippen molar-refractivity contribution in [1.29, 1.82) is 0 Å². The first-order chi connectivity index (χ1) is 13.6. The summed E-state index contributed by atoms with van der Waals surface area (Å²) < 4.78 is 13.2. The van der Waals surface area contributed by atoms with Gasteiger partial charge in [-0.25, -0.2) is 9.97 Å². The molecule has 28 heavy (non-hydrogen) atoms. The van der Waals surface area contributed by atoms with E-state index in [-0.39, 0.29) is 11.9 Å². The second kappa shape index (κ2) is 8.89. The van der Waals surface area contributed by atoms with Gasteiger partial charge in [-0.1, -0.05) is 24.1 Å². The van der Waals surface area contributed by atoms with E-state index in [9.17, 15) is 9.18 Å². The number of likely N-dealkylation sites (N-methyl/N-ethyl adjacent to an activating group) is 1. The first kappa shape index (κ1) is 19.2. The minimum absolute atomic E-state index is 0.201. The van der Waals surface area contributed by atoms with Crippen molar-refractivity contribution >= 4 is 11.7 Å². The van der Waals surface area contributed by atoms with Crippen molar-refractivity contribution < 1.29 is 9.18 Å². The molecule has 0 bridgehead atoms. The fourth-order valence-corrected chi connectivity index (χ4v) is 2.41. The van der Waals surface area contributed by atoms with Crippen molar-refractivity contribution in [2.24, 2.45) is 0 Å². The van der Waals surface area contributed by atoms with E-state index in [1.807, 2.05) is 30.3 Å². The quantitative estimate of drug-likeness (QED) is 0.544. The molecule has 2 aromatic heterocycles. The third-order valence-corrected chi connectivity index (χ3v) is 4.11. The van der Waals surface area contributed by atoms with Crippen LogP contribution in [0.25, 0.3) is 11.1 Å². The van der Waals surface area contributed by atoms with Crippen LogP contribution in [0, 0.1) is 17.8 Å². The minimum Gasteiger partial charge on any atom is -0.309 e. The van der Waals surface area contributed by atoms with Crippen LogP contribution in [0.3, 0.4) is 0 Å². The Balaban J connectivity index is 2.00. The summed E-state index contributed by atoms with van der Waals surface area (Å²) in [5, 5.41) is 5.64. The zero-order valence-electron chi connectivity index (χ0n) is 15.5. The Labute approximate surface area is 163 Å². The van der Waals surface area contributed by atoms with E-state index in [1.54, 1.807) is 32.2 Å². The van der Waals surface area contributed by atoms with Crippen molar-refractivity contribution in [2.45, 2.75) is 13.0 Å². The molecule has 0 radical (unpaired) electrons. The SMILES string of the molecule is CNC(C)C(=O)Nc1ccc(-c2ccc(F)nc2)c(C#Cc2ccccc2)n1. The molecule has 0 saturated carbocycles. The molecule has 0 saturated heterocycles. The maximum absolute atomic E-state index is 13.2. The largest absolute Gasteiger partial charge is 0.309 e. The standard InChI is InChI=1S/C22H19FN4O/c1-15(24-2)22(28)27-21-13-10-18(17-9-12-20(23)25-14-17)19(26-21)11-8-16-6-4-3-5-7-16/h3-7,9-10,12-15,24H,1-2H3,(H,26,27,28). The number of anilines is 1. The van der Waals surface area contributed by atoms with E-state index in [1.165, 1.54) is 12.3 Å². The van der Waals surface area contributed by atoms with E-state index < -0.39 is 5.95 Å². The summed E-state index contributed by atoms with van der Waals surface area (Å²) in [7, 11) is 1.71. The molecule has 1 amide bonds. The van der Waals surface area contributed by atoms with Gasteiger partial charge in [-0.05, 0) is 56.3 Å². The Morgan fingerprint density at radius 1 is 1.07 bits per heavy atom. The molecule has 0 fully saturated rings. The maximum atomic E-state index is 13.2. The molecule has 140 valence electrons. The zero-order chi connectivity index (χ0) is 19.9. The van der Waals surface area contributed by atoms with E-state index in [0.717, 1.165) is 5.56 Å². The lowest BCUT2D eigenvalue weighted by atomic mass is 10.1. The van der Waals surface area contributed by atoms with Gasteiger partial charge in [0.05, 0.1) is 6.04 Å².